The number of carbonyl (C=O) groups is 7. The van der Waals surface area contributed by atoms with Crippen LogP contribution in [-0.4, -0.2) is 198 Å². The fourth-order valence-electron chi connectivity index (χ4n) is 5.98. The van der Waals surface area contributed by atoms with E-state index < -0.39 is 146 Å². The van der Waals surface area contributed by atoms with Crippen molar-refractivity contribution in [2.24, 2.45) is 0 Å². The fraction of sp³-hybridized carbons (Fsp3) is 0.500. The van der Waals surface area contributed by atoms with Crippen molar-refractivity contribution in [2.45, 2.75) is 99.6 Å². The van der Waals surface area contributed by atoms with Crippen LogP contribution in [0.3, 0.4) is 0 Å². The molecule has 0 aliphatic heterocycles. The number of aromatic nitrogens is 4. The maximum atomic E-state index is 13.6. The average molecular weight is 984 g/mol. The summed E-state index contributed by atoms with van der Waals surface area (Å²) in [5.74, 6) is -10.5. The molecule has 0 saturated carbocycles. The van der Waals surface area contributed by atoms with Crippen LogP contribution in [0.1, 0.15) is 42.2 Å². The Morgan fingerprint density at radius 2 is 1.31 bits per heavy atom. The Morgan fingerprint density at radius 1 is 0.750 bits per heavy atom. The van der Waals surface area contributed by atoms with Crippen molar-refractivity contribution in [3.63, 3.8) is 0 Å². The molecule has 0 aliphatic rings. The molecule has 0 fully saturated rings. The standard InChI is InChI=1S/C38H53N11O18S/c1-14(42-32(61)15-3-5-16(6-4-15)40-9-17-10-41-31-26(43-17)36(65)49-38(39)48-31)2-7-22(54)46-24(29(59)27(57)20(52)11-50)34(63)44-18(8-23(55)56)33(62)47-25(30(60)28(58)21(53)12-51)35(64)45-19(13-68)37(66)67/h3-6,10,14,18-21,24-25,27-30,40,50-53,57-60,68H,2,7-9,11-13H2,1H3,(H,42,61)(H,44,63)(H,45,64)(H,46,54)(H,47,62)(H,55,56)(H,66,67)(H3,39,41,48,49,65)/t14-,18+,19+,20-,21-,24+,25+,27-,28-,29-,30-/m1/s1. The maximum Gasteiger partial charge on any atom is 0.327 e. The van der Waals surface area contributed by atoms with Crippen molar-refractivity contribution in [1.82, 2.24) is 46.5 Å². The van der Waals surface area contributed by atoms with Gasteiger partial charge >= 0.3 is 11.9 Å². The number of benzene rings is 1. The summed E-state index contributed by atoms with van der Waals surface area (Å²) in [5.41, 5.74) is 6.17. The number of carboxylic acid groups (broad SMARTS) is 2. The van der Waals surface area contributed by atoms with Gasteiger partial charge in [-0.3, -0.25) is 38.5 Å². The molecular formula is C38H53N11O18S. The first-order valence-corrected chi connectivity index (χ1v) is 20.9. The molecule has 374 valence electrons. The number of amides is 5. The van der Waals surface area contributed by atoms with Crippen molar-refractivity contribution in [3.8, 4) is 0 Å². The van der Waals surface area contributed by atoms with Crippen LogP contribution in [0, 0.1) is 0 Å². The van der Waals surface area contributed by atoms with E-state index in [0.717, 1.165) is 0 Å². The summed E-state index contributed by atoms with van der Waals surface area (Å²) in [4.78, 5) is 116. The normalized spacial score (nSPS) is 16.2. The first-order valence-electron chi connectivity index (χ1n) is 20.2. The zero-order chi connectivity index (χ0) is 51.0. The Hall–Kier alpha value is -6.64. The highest BCUT2D eigenvalue weighted by atomic mass is 32.1. The summed E-state index contributed by atoms with van der Waals surface area (Å²) in [6.07, 6.45) is -14.6. The molecule has 0 radical (unpaired) electrons. The molecule has 0 aliphatic carbocycles. The van der Waals surface area contributed by atoms with E-state index in [-0.39, 0.29) is 35.6 Å². The maximum absolute atomic E-state index is 13.6. The molecule has 2 heterocycles. The van der Waals surface area contributed by atoms with Crippen LogP contribution in [0.15, 0.2) is 35.3 Å². The van der Waals surface area contributed by atoms with Gasteiger partial charge in [0.2, 0.25) is 29.6 Å². The van der Waals surface area contributed by atoms with Crippen LogP contribution in [0.2, 0.25) is 0 Å². The smallest absolute Gasteiger partial charge is 0.327 e. The van der Waals surface area contributed by atoms with Crippen LogP contribution < -0.4 is 43.2 Å². The van der Waals surface area contributed by atoms with Crippen molar-refractivity contribution in [3.05, 3.63) is 52.1 Å². The van der Waals surface area contributed by atoms with E-state index in [1.807, 2.05) is 16.0 Å². The molecule has 3 rings (SSSR count). The molecule has 0 spiro atoms. The van der Waals surface area contributed by atoms with Crippen LogP contribution in [0.5, 0.6) is 0 Å². The van der Waals surface area contributed by atoms with Gasteiger partial charge in [0.15, 0.2) is 11.2 Å². The summed E-state index contributed by atoms with van der Waals surface area (Å²) < 4.78 is 0. The lowest BCUT2D eigenvalue weighted by Gasteiger charge is -2.32. The SMILES string of the molecule is C[C@H](CCC(=O)N[C@H](C(=O)N[C@@H](CC(=O)O)C(=O)N[C@H](C(=O)N[C@@H](CS)C(=O)O)[C@@H](O)[C@H](O)[C@H](O)CO)[C@@H](O)[C@H](O)[C@H](O)CO)NC(=O)c1ccc(NCc2cnc3nc(N)[nH]c(=O)c3n2)cc1. The number of thiol groups is 1. The van der Waals surface area contributed by atoms with E-state index >= 15 is 0 Å². The number of nitrogens with zero attached hydrogens (tertiary/aromatic N) is 3. The first kappa shape index (κ1) is 55.7. The van der Waals surface area contributed by atoms with Gasteiger partial charge in [0.05, 0.1) is 38.1 Å². The van der Waals surface area contributed by atoms with Gasteiger partial charge in [0.1, 0.15) is 60.8 Å². The van der Waals surface area contributed by atoms with E-state index in [0.29, 0.717) is 11.4 Å². The van der Waals surface area contributed by atoms with Gasteiger partial charge in [-0.1, -0.05) is 0 Å². The molecule has 2 aromatic heterocycles. The number of nitrogens with two attached hydrogens (primary N) is 1. The molecule has 3 aromatic rings. The number of aliphatic hydroxyl groups excluding tert-OH is 8. The number of carbonyl (C=O) groups excluding carboxylic acids is 5. The molecule has 0 bridgehead atoms. The molecule has 30 heteroatoms. The third-order valence-corrected chi connectivity index (χ3v) is 10.2. The van der Waals surface area contributed by atoms with Gasteiger partial charge in [-0.25, -0.2) is 14.8 Å². The lowest BCUT2D eigenvalue weighted by molar-refractivity contribution is -0.147. The van der Waals surface area contributed by atoms with E-state index in [1.165, 1.54) is 25.3 Å². The Morgan fingerprint density at radius 3 is 1.84 bits per heavy atom. The van der Waals surface area contributed by atoms with Gasteiger partial charge < -0.3 is 88.7 Å². The monoisotopic (exact) mass is 983 g/mol. The molecule has 19 N–H and O–H groups in total. The minimum atomic E-state index is -2.53. The number of aliphatic carboxylic acids is 2. The highest BCUT2D eigenvalue weighted by Crippen LogP contribution is 2.14. The second kappa shape index (κ2) is 26.0. The number of H-pyrrole nitrogens is 1. The highest BCUT2D eigenvalue weighted by molar-refractivity contribution is 7.80. The van der Waals surface area contributed by atoms with E-state index in [4.69, 9.17) is 5.73 Å². The summed E-state index contributed by atoms with van der Waals surface area (Å²) >= 11 is 3.78. The molecule has 29 nitrogen and oxygen atoms in total. The van der Waals surface area contributed by atoms with Crippen molar-refractivity contribution >= 4 is 76.9 Å². The number of fused-ring (bicyclic) bond motifs is 1. The molecule has 1 aromatic carbocycles. The van der Waals surface area contributed by atoms with E-state index in [2.05, 4.69) is 48.5 Å². The summed E-state index contributed by atoms with van der Waals surface area (Å²) in [6.45, 7) is -0.696. The second-order valence-electron chi connectivity index (χ2n) is 15.1. The summed E-state index contributed by atoms with van der Waals surface area (Å²) in [6, 6.07) is -3.42. The first-order chi connectivity index (χ1) is 32.0. The van der Waals surface area contributed by atoms with Gasteiger partial charge in [0, 0.05) is 29.5 Å². The zero-order valence-electron chi connectivity index (χ0n) is 35.8. The molecular weight excluding hydrogens is 931 g/mol. The summed E-state index contributed by atoms with van der Waals surface area (Å²) in [5, 5.41) is 113. The molecule has 0 unspecified atom stereocenters. The predicted molar refractivity (Wildman–Crippen MR) is 234 cm³/mol. The summed E-state index contributed by atoms with van der Waals surface area (Å²) in [7, 11) is 0. The Balaban J connectivity index is 1.71. The van der Waals surface area contributed by atoms with Gasteiger partial charge in [-0.2, -0.15) is 17.6 Å². The van der Waals surface area contributed by atoms with Crippen molar-refractivity contribution in [1.29, 1.82) is 0 Å². The van der Waals surface area contributed by atoms with Crippen LogP contribution in [0.25, 0.3) is 11.2 Å². The lowest BCUT2D eigenvalue weighted by Crippen LogP contribution is -2.65. The van der Waals surface area contributed by atoms with Gasteiger partial charge in [-0.05, 0) is 37.6 Å². The van der Waals surface area contributed by atoms with Crippen LogP contribution in [0.4, 0.5) is 11.6 Å². The number of anilines is 2. The van der Waals surface area contributed by atoms with Gasteiger partial charge in [-0.15, -0.1) is 0 Å². The number of aromatic amines is 1. The minimum Gasteiger partial charge on any atom is -0.481 e. The van der Waals surface area contributed by atoms with Gasteiger partial charge in [0.25, 0.3) is 11.5 Å². The lowest BCUT2D eigenvalue weighted by atomic mass is 9.98. The number of nitrogen functional groups attached to an aromatic ring is 1. The zero-order valence-corrected chi connectivity index (χ0v) is 36.7. The Labute approximate surface area is 389 Å². The number of hydrogen-bond acceptors (Lipinski definition) is 22. The molecule has 68 heavy (non-hydrogen) atoms. The van der Waals surface area contributed by atoms with Crippen molar-refractivity contribution < 1.29 is 84.6 Å². The van der Waals surface area contributed by atoms with E-state index in [9.17, 15) is 89.4 Å². The second-order valence-corrected chi connectivity index (χ2v) is 15.4. The Kier molecular flexibility index (Phi) is 21.3. The number of rotatable bonds is 27. The number of nitrogens with one attached hydrogen (secondary N) is 7. The number of aliphatic hydroxyl groups is 8. The predicted octanol–water partition coefficient (Wildman–Crippen LogP) is -7.62. The quantitative estimate of drug-likeness (QED) is 0.0316. The highest BCUT2D eigenvalue weighted by Gasteiger charge is 2.42. The topological polar surface area (TPSA) is 492 Å². The number of hydrogen-bond donors (Lipinski definition) is 19. The largest absolute Gasteiger partial charge is 0.481 e. The molecule has 11 atom stereocenters. The van der Waals surface area contributed by atoms with Crippen LogP contribution >= 0.6 is 12.6 Å². The third kappa shape index (κ3) is 16.0. The molecule has 5 amide bonds. The van der Waals surface area contributed by atoms with E-state index in [1.54, 1.807) is 12.1 Å². The third-order valence-electron chi connectivity index (χ3n) is 9.82. The number of carboxylic acids is 2. The fourth-order valence-corrected chi connectivity index (χ4v) is 6.23. The van der Waals surface area contributed by atoms with Crippen LogP contribution in [-0.2, 0) is 35.3 Å². The minimum absolute atomic E-state index is 0.0121. The van der Waals surface area contributed by atoms with Crippen molar-refractivity contribution in [2.75, 3.05) is 30.0 Å². The molecule has 0 saturated heterocycles. The average Bonchev–Trinajstić information content (AvgIpc) is 3.30. The Bertz CT molecular complexity index is 2310.